The molecule has 1 atom stereocenters. The van der Waals surface area contributed by atoms with Crippen LogP contribution in [-0.2, 0) is 0 Å². The van der Waals surface area contributed by atoms with E-state index in [0.29, 0.717) is 11.1 Å². The largest absolute Gasteiger partial charge is 0.276 e. The molecule has 1 heterocycles. The molecule has 0 bridgehead atoms. The SMILES string of the molecule is CC(NN1C(=O)c2ccccc2C1=O)c1ccc(Br)cc1. The summed E-state index contributed by atoms with van der Waals surface area (Å²) in [6.45, 7) is 1.91. The van der Waals surface area contributed by atoms with Crippen molar-refractivity contribution in [3.05, 3.63) is 69.7 Å². The Labute approximate surface area is 130 Å². The van der Waals surface area contributed by atoms with E-state index < -0.39 is 0 Å². The highest BCUT2D eigenvalue weighted by Gasteiger charge is 2.36. The standard InChI is InChI=1S/C16H13BrN2O2/c1-10(11-6-8-12(17)9-7-11)18-19-15(20)13-4-2-3-5-14(13)16(19)21/h2-10,18H,1H3. The van der Waals surface area contributed by atoms with Gasteiger partial charge in [0.1, 0.15) is 0 Å². The minimum Gasteiger partial charge on any atom is -0.267 e. The van der Waals surface area contributed by atoms with Gasteiger partial charge in [-0.15, -0.1) is 0 Å². The summed E-state index contributed by atoms with van der Waals surface area (Å²) in [7, 11) is 0. The average molecular weight is 345 g/mol. The van der Waals surface area contributed by atoms with Crippen LogP contribution in [-0.4, -0.2) is 16.8 Å². The van der Waals surface area contributed by atoms with E-state index >= 15 is 0 Å². The molecule has 0 spiro atoms. The molecular weight excluding hydrogens is 332 g/mol. The monoisotopic (exact) mass is 344 g/mol. The lowest BCUT2D eigenvalue weighted by molar-refractivity contribution is 0.0538. The van der Waals surface area contributed by atoms with Crippen LogP contribution in [0.15, 0.2) is 53.0 Å². The Morgan fingerprint density at radius 3 is 2.00 bits per heavy atom. The van der Waals surface area contributed by atoms with E-state index in [1.807, 2.05) is 31.2 Å². The van der Waals surface area contributed by atoms with Gasteiger partial charge in [0, 0.05) is 10.5 Å². The van der Waals surface area contributed by atoms with Crippen molar-refractivity contribution in [1.29, 1.82) is 0 Å². The van der Waals surface area contributed by atoms with Gasteiger partial charge in [-0.1, -0.05) is 40.2 Å². The number of carbonyl (C=O) groups is 2. The van der Waals surface area contributed by atoms with Crippen LogP contribution in [0.5, 0.6) is 0 Å². The van der Waals surface area contributed by atoms with Gasteiger partial charge in [-0.05, 0) is 36.8 Å². The molecule has 0 radical (unpaired) electrons. The second-order valence-electron chi connectivity index (χ2n) is 4.89. The van der Waals surface area contributed by atoms with Crippen molar-refractivity contribution >= 4 is 27.7 Å². The topological polar surface area (TPSA) is 49.4 Å². The zero-order valence-electron chi connectivity index (χ0n) is 11.3. The predicted molar refractivity (Wildman–Crippen MR) is 82.6 cm³/mol. The zero-order chi connectivity index (χ0) is 15.0. The number of carbonyl (C=O) groups excluding carboxylic acids is 2. The van der Waals surface area contributed by atoms with Crippen molar-refractivity contribution in [2.45, 2.75) is 13.0 Å². The molecule has 3 rings (SSSR count). The molecule has 5 heteroatoms. The number of halogens is 1. The first-order chi connectivity index (χ1) is 10.1. The number of nitrogens with zero attached hydrogens (tertiary/aromatic N) is 1. The summed E-state index contributed by atoms with van der Waals surface area (Å²) in [5, 5.41) is 1.09. The van der Waals surface area contributed by atoms with E-state index in [2.05, 4.69) is 21.4 Å². The smallest absolute Gasteiger partial charge is 0.267 e. The number of imide groups is 1. The van der Waals surface area contributed by atoms with E-state index in [4.69, 9.17) is 0 Å². The fourth-order valence-electron chi connectivity index (χ4n) is 2.33. The second-order valence-corrected chi connectivity index (χ2v) is 5.81. The normalized spacial score (nSPS) is 15.2. The van der Waals surface area contributed by atoms with Crippen molar-refractivity contribution < 1.29 is 9.59 Å². The third-order valence-electron chi connectivity index (χ3n) is 3.49. The number of hydrogen-bond acceptors (Lipinski definition) is 3. The molecule has 1 unspecified atom stereocenters. The van der Waals surface area contributed by atoms with Crippen LogP contribution >= 0.6 is 15.9 Å². The Balaban J connectivity index is 1.82. The minimum absolute atomic E-state index is 0.152. The molecule has 0 fully saturated rings. The van der Waals surface area contributed by atoms with E-state index in [1.165, 1.54) is 0 Å². The first-order valence-electron chi connectivity index (χ1n) is 6.57. The first kappa shape index (κ1) is 14.0. The lowest BCUT2D eigenvalue weighted by Gasteiger charge is -2.21. The van der Waals surface area contributed by atoms with Gasteiger partial charge in [0.2, 0.25) is 0 Å². The third kappa shape index (κ3) is 2.50. The average Bonchev–Trinajstić information content (AvgIpc) is 2.73. The van der Waals surface area contributed by atoms with Crippen molar-refractivity contribution in [3.8, 4) is 0 Å². The van der Waals surface area contributed by atoms with Crippen LogP contribution < -0.4 is 5.43 Å². The van der Waals surface area contributed by atoms with Gasteiger partial charge < -0.3 is 0 Å². The van der Waals surface area contributed by atoms with E-state index in [-0.39, 0.29) is 17.9 Å². The number of fused-ring (bicyclic) bond motifs is 1. The van der Waals surface area contributed by atoms with Crippen molar-refractivity contribution in [3.63, 3.8) is 0 Å². The molecule has 1 aliphatic heterocycles. The van der Waals surface area contributed by atoms with Gasteiger partial charge in [-0.3, -0.25) is 9.59 Å². The van der Waals surface area contributed by atoms with Crippen LogP contribution in [0.4, 0.5) is 0 Å². The number of hydrazine groups is 1. The summed E-state index contributed by atoms with van der Waals surface area (Å²) in [6.07, 6.45) is 0. The number of amides is 2. The lowest BCUT2D eigenvalue weighted by atomic mass is 10.1. The molecule has 0 saturated heterocycles. The molecule has 1 aliphatic rings. The second kappa shape index (κ2) is 5.42. The van der Waals surface area contributed by atoms with Crippen LogP contribution in [0.25, 0.3) is 0 Å². The lowest BCUT2D eigenvalue weighted by Crippen LogP contribution is -2.43. The van der Waals surface area contributed by atoms with Gasteiger partial charge in [-0.2, -0.15) is 0 Å². The van der Waals surface area contributed by atoms with Gasteiger partial charge >= 0.3 is 0 Å². The maximum Gasteiger partial charge on any atom is 0.276 e. The highest BCUT2D eigenvalue weighted by Crippen LogP contribution is 2.23. The third-order valence-corrected chi connectivity index (χ3v) is 4.02. The predicted octanol–water partition coefficient (Wildman–Crippen LogP) is 3.31. The van der Waals surface area contributed by atoms with Crippen LogP contribution in [0.1, 0.15) is 39.2 Å². The van der Waals surface area contributed by atoms with Crippen molar-refractivity contribution in [1.82, 2.24) is 10.4 Å². The molecule has 0 aromatic heterocycles. The van der Waals surface area contributed by atoms with Gasteiger partial charge in [0.25, 0.3) is 11.8 Å². The highest BCUT2D eigenvalue weighted by molar-refractivity contribution is 9.10. The fraction of sp³-hybridized carbons (Fsp3) is 0.125. The number of nitrogens with one attached hydrogen (secondary N) is 1. The first-order valence-corrected chi connectivity index (χ1v) is 7.36. The molecule has 0 saturated carbocycles. The van der Waals surface area contributed by atoms with E-state index in [0.717, 1.165) is 15.0 Å². The van der Waals surface area contributed by atoms with Crippen LogP contribution in [0.3, 0.4) is 0 Å². The van der Waals surface area contributed by atoms with E-state index in [9.17, 15) is 9.59 Å². The summed E-state index contributed by atoms with van der Waals surface area (Å²) < 4.78 is 0.985. The molecule has 2 aromatic carbocycles. The molecule has 1 N–H and O–H groups in total. The quantitative estimate of drug-likeness (QED) is 0.869. The summed E-state index contributed by atoms with van der Waals surface area (Å²) >= 11 is 3.38. The van der Waals surface area contributed by atoms with Gasteiger partial charge in [-0.25, -0.2) is 10.4 Å². The maximum atomic E-state index is 12.3. The number of benzene rings is 2. The Bertz CT molecular complexity index is 677. The summed E-state index contributed by atoms with van der Waals surface area (Å²) in [6, 6.07) is 14.4. The molecule has 2 amide bonds. The fourth-order valence-corrected chi connectivity index (χ4v) is 2.59. The zero-order valence-corrected chi connectivity index (χ0v) is 12.9. The molecule has 4 nitrogen and oxygen atoms in total. The van der Waals surface area contributed by atoms with Crippen LogP contribution in [0.2, 0.25) is 0 Å². The Morgan fingerprint density at radius 1 is 0.952 bits per heavy atom. The van der Waals surface area contributed by atoms with Crippen molar-refractivity contribution in [2.24, 2.45) is 0 Å². The molecule has 0 aliphatic carbocycles. The van der Waals surface area contributed by atoms with Crippen LogP contribution in [0, 0.1) is 0 Å². The maximum absolute atomic E-state index is 12.3. The summed E-state index contributed by atoms with van der Waals surface area (Å²) in [4.78, 5) is 24.5. The van der Waals surface area contributed by atoms with Gasteiger partial charge in [0.05, 0.1) is 11.1 Å². The van der Waals surface area contributed by atoms with E-state index in [1.54, 1.807) is 24.3 Å². The molecule has 2 aromatic rings. The van der Waals surface area contributed by atoms with Gasteiger partial charge in [0.15, 0.2) is 0 Å². The number of hydrogen-bond donors (Lipinski definition) is 1. The molecule has 106 valence electrons. The Hall–Kier alpha value is -1.98. The summed E-state index contributed by atoms with van der Waals surface area (Å²) in [5.74, 6) is -0.612. The molecular formula is C16H13BrN2O2. The number of rotatable bonds is 3. The van der Waals surface area contributed by atoms with Crippen molar-refractivity contribution in [2.75, 3.05) is 0 Å². The summed E-state index contributed by atoms with van der Waals surface area (Å²) in [5.41, 5.74) is 4.86. The Morgan fingerprint density at radius 2 is 1.48 bits per heavy atom. The highest BCUT2D eigenvalue weighted by atomic mass is 79.9. The minimum atomic E-state index is -0.306. The molecule has 21 heavy (non-hydrogen) atoms. The Kier molecular flexibility index (Phi) is 3.61.